The summed E-state index contributed by atoms with van der Waals surface area (Å²) in [5, 5.41) is 2.53. The number of rotatable bonds is 2. The summed E-state index contributed by atoms with van der Waals surface area (Å²) in [6.07, 6.45) is -0.735. The highest BCUT2D eigenvalue weighted by atomic mass is 19.1. The maximum absolute atomic E-state index is 13.2. The summed E-state index contributed by atoms with van der Waals surface area (Å²) >= 11 is 0. The molecule has 1 atom stereocenters. The van der Waals surface area contributed by atoms with E-state index in [1.54, 1.807) is 6.07 Å². The van der Waals surface area contributed by atoms with Gasteiger partial charge in [0.2, 0.25) is 5.91 Å². The zero-order valence-electron chi connectivity index (χ0n) is 11.8. The lowest BCUT2D eigenvalue weighted by molar-refractivity contribution is -0.117. The van der Waals surface area contributed by atoms with Crippen molar-refractivity contribution < 1.29 is 23.5 Å². The molecule has 1 saturated heterocycles. The molecule has 3 N–H and O–H groups in total. The van der Waals surface area contributed by atoms with E-state index in [1.165, 1.54) is 23.1 Å². The molecule has 2 rings (SSSR count). The van der Waals surface area contributed by atoms with Crippen LogP contribution in [0.3, 0.4) is 0 Å². The second-order valence-corrected chi connectivity index (χ2v) is 4.60. The first-order valence-electron chi connectivity index (χ1n) is 6.46. The summed E-state index contributed by atoms with van der Waals surface area (Å²) in [4.78, 5) is 35.7. The summed E-state index contributed by atoms with van der Waals surface area (Å²) in [5.74, 6) is -0.668. The van der Waals surface area contributed by atoms with Crippen LogP contribution in [0.5, 0.6) is 0 Å². The normalized spacial score (nSPS) is 17.1. The molecule has 1 heterocycles. The number of anilines is 1. The quantitative estimate of drug-likeness (QED) is 0.693. The molecule has 1 aliphatic heterocycles. The van der Waals surface area contributed by atoms with E-state index in [-0.39, 0.29) is 18.9 Å². The summed E-state index contributed by atoms with van der Waals surface area (Å²) in [6.45, 7) is 0.216. The molecule has 9 heteroatoms. The number of nitrogens with zero attached hydrogens (tertiary/aromatic N) is 1. The molecule has 0 aromatic heterocycles. The molecule has 0 saturated carbocycles. The molecule has 0 aliphatic carbocycles. The van der Waals surface area contributed by atoms with E-state index in [0.29, 0.717) is 5.69 Å². The van der Waals surface area contributed by atoms with Crippen molar-refractivity contribution in [3.63, 3.8) is 0 Å². The third-order valence-corrected chi connectivity index (χ3v) is 3.04. The predicted molar refractivity (Wildman–Crippen MR) is 74.4 cm³/mol. The van der Waals surface area contributed by atoms with Gasteiger partial charge in [0, 0.05) is 18.7 Å². The van der Waals surface area contributed by atoms with Crippen LogP contribution in [0.15, 0.2) is 24.3 Å². The number of hydrogen-bond donors (Lipinski definition) is 3. The van der Waals surface area contributed by atoms with Crippen LogP contribution in [0.4, 0.5) is 19.7 Å². The number of hydrazine groups is 1. The molecule has 1 aromatic rings. The van der Waals surface area contributed by atoms with Crippen molar-refractivity contribution in [3.05, 3.63) is 30.1 Å². The van der Waals surface area contributed by atoms with Crippen molar-refractivity contribution in [3.8, 4) is 0 Å². The van der Waals surface area contributed by atoms with Gasteiger partial charge < -0.3 is 15.0 Å². The Balaban J connectivity index is 1.89. The minimum Gasteiger partial charge on any atom is -0.452 e. The molecular weight excluding hydrogens is 295 g/mol. The van der Waals surface area contributed by atoms with Gasteiger partial charge in [0.15, 0.2) is 0 Å². The average Bonchev–Trinajstić information content (AvgIpc) is 2.85. The van der Waals surface area contributed by atoms with Crippen LogP contribution in [0.25, 0.3) is 0 Å². The topological polar surface area (TPSA) is 99.8 Å². The highest BCUT2D eigenvalue weighted by Crippen LogP contribution is 2.22. The lowest BCUT2D eigenvalue weighted by atomic mass is 10.2. The predicted octanol–water partition coefficient (Wildman–Crippen LogP) is 0.501. The second-order valence-electron chi connectivity index (χ2n) is 4.60. The number of carbonyl (C=O) groups excluding carboxylic acids is 3. The number of methoxy groups -OCH3 is 1. The molecule has 4 amide bonds. The Morgan fingerprint density at radius 3 is 2.82 bits per heavy atom. The molecule has 0 unspecified atom stereocenters. The first-order valence-corrected chi connectivity index (χ1v) is 6.46. The second kappa shape index (κ2) is 6.74. The fourth-order valence-corrected chi connectivity index (χ4v) is 2.08. The first kappa shape index (κ1) is 15.5. The third-order valence-electron chi connectivity index (χ3n) is 3.04. The fraction of sp³-hybridized carbons (Fsp3) is 0.308. The average molecular weight is 310 g/mol. The van der Waals surface area contributed by atoms with Gasteiger partial charge in [-0.25, -0.2) is 24.8 Å². The molecule has 0 radical (unpaired) electrons. The molecular formula is C13H15FN4O4. The molecule has 1 aromatic carbocycles. The standard InChI is InChI=1S/C13H15FN4O4/c1-22-13(21)17-16-12(20)15-9-6-11(19)18(7-9)10-4-2-3-8(14)5-10/h2-5,9H,6-7H2,1H3,(H,17,21)(H2,15,16,20)/t9-/m0/s1. The van der Waals surface area contributed by atoms with Crippen molar-refractivity contribution >= 4 is 23.7 Å². The van der Waals surface area contributed by atoms with Crippen LogP contribution in [-0.2, 0) is 9.53 Å². The van der Waals surface area contributed by atoms with Gasteiger partial charge in [-0.2, -0.15) is 0 Å². The van der Waals surface area contributed by atoms with Gasteiger partial charge >= 0.3 is 12.1 Å². The van der Waals surface area contributed by atoms with E-state index in [4.69, 9.17) is 0 Å². The van der Waals surface area contributed by atoms with E-state index in [0.717, 1.165) is 7.11 Å². The van der Waals surface area contributed by atoms with Gasteiger partial charge in [0.25, 0.3) is 0 Å². The number of urea groups is 1. The first-order chi connectivity index (χ1) is 10.5. The number of nitrogens with one attached hydrogen (secondary N) is 3. The molecule has 0 bridgehead atoms. The van der Waals surface area contributed by atoms with Crippen molar-refractivity contribution in [2.45, 2.75) is 12.5 Å². The third kappa shape index (κ3) is 3.84. The number of carbonyl (C=O) groups is 3. The number of ether oxygens (including phenoxy) is 1. The number of hydrogen-bond acceptors (Lipinski definition) is 4. The van der Waals surface area contributed by atoms with Crippen LogP contribution >= 0.6 is 0 Å². The van der Waals surface area contributed by atoms with Crippen molar-refractivity contribution in [2.24, 2.45) is 0 Å². The van der Waals surface area contributed by atoms with E-state index >= 15 is 0 Å². The largest absolute Gasteiger partial charge is 0.452 e. The zero-order chi connectivity index (χ0) is 16.1. The number of halogens is 1. The van der Waals surface area contributed by atoms with Crippen molar-refractivity contribution in [1.29, 1.82) is 0 Å². The lowest BCUT2D eigenvalue weighted by Crippen LogP contribution is -2.50. The Morgan fingerprint density at radius 1 is 1.36 bits per heavy atom. The summed E-state index contributed by atoms with van der Waals surface area (Å²) in [5.41, 5.74) is 4.50. The minimum atomic E-state index is -0.820. The fourth-order valence-electron chi connectivity index (χ4n) is 2.08. The molecule has 118 valence electrons. The maximum Gasteiger partial charge on any atom is 0.425 e. The summed E-state index contributed by atoms with van der Waals surface area (Å²) < 4.78 is 17.5. The molecule has 1 aliphatic rings. The van der Waals surface area contributed by atoms with Crippen LogP contribution in [0.2, 0.25) is 0 Å². The van der Waals surface area contributed by atoms with Crippen LogP contribution in [0, 0.1) is 5.82 Å². The van der Waals surface area contributed by atoms with E-state index in [9.17, 15) is 18.8 Å². The molecule has 8 nitrogen and oxygen atoms in total. The van der Waals surface area contributed by atoms with Crippen molar-refractivity contribution in [2.75, 3.05) is 18.6 Å². The minimum absolute atomic E-state index is 0.0855. The van der Waals surface area contributed by atoms with Gasteiger partial charge in [0.1, 0.15) is 5.82 Å². The summed E-state index contributed by atoms with van der Waals surface area (Å²) in [7, 11) is 1.15. The van der Waals surface area contributed by atoms with Gasteiger partial charge in [-0.1, -0.05) is 6.07 Å². The Hall–Kier alpha value is -2.84. The van der Waals surface area contributed by atoms with E-state index < -0.39 is 24.0 Å². The molecule has 1 fully saturated rings. The number of benzene rings is 1. The van der Waals surface area contributed by atoms with Crippen LogP contribution in [-0.4, -0.2) is 37.7 Å². The number of amides is 4. The van der Waals surface area contributed by atoms with E-state index in [2.05, 4.69) is 15.5 Å². The molecule has 22 heavy (non-hydrogen) atoms. The highest BCUT2D eigenvalue weighted by Gasteiger charge is 2.31. The lowest BCUT2D eigenvalue weighted by Gasteiger charge is -2.17. The van der Waals surface area contributed by atoms with Crippen LogP contribution in [0.1, 0.15) is 6.42 Å². The Kier molecular flexibility index (Phi) is 4.77. The monoisotopic (exact) mass is 310 g/mol. The Labute approximate surface area is 125 Å². The molecule has 0 spiro atoms. The SMILES string of the molecule is COC(=O)NNC(=O)N[C@H]1CC(=O)N(c2cccc(F)c2)C1. The van der Waals surface area contributed by atoms with Crippen molar-refractivity contribution in [1.82, 2.24) is 16.2 Å². The van der Waals surface area contributed by atoms with Gasteiger partial charge in [-0.15, -0.1) is 0 Å². The van der Waals surface area contributed by atoms with E-state index in [1.807, 2.05) is 5.43 Å². The maximum atomic E-state index is 13.2. The highest BCUT2D eigenvalue weighted by molar-refractivity contribution is 5.96. The Morgan fingerprint density at radius 2 is 2.14 bits per heavy atom. The smallest absolute Gasteiger partial charge is 0.425 e. The van der Waals surface area contributed by atoms with Gasteiger partial charge in [-0.05, 0) is 18.2 Å². The zero-order valence-corrected chi connectivity index (χ0v) is 11.8. The summed E-state index contributed by atoms with van der Waals surface area (Å²) in [6, 6.07) is 4.53. The van der Waals surface area contributed by atoms with Gasteiger partial charge in [0.05, 0.1) is 13.2 Å². The Bertz CT molecular complexity index is 595. The van der Waals surface area contributed by atoms with Gasteiger partial charge in [-0.3, -0.25) is 4.79 Å². The van der Waals surface area contributed by atoms with Crippen LogP contribution < -0.4 is 21.1 Å².